The number of carboxylic acids is 1. The molecule has 1 aromatic heterocycles. The van der Waals surface area contributed by atoms with Crippen molar-refractivity contribution in [2.24, 2.45) is 0 Å². The first-order valence-electron chi connectivity index (χ1n) is 7.88. The van der Waals surface area contributed by atoms with Crippen LogP contribution < -0.4 is 0 Å². The lowest BCUT2D eigenvalue weighted by Crippen LogP contribution is -2.59. The average molecular weight is 377 g/mol. The lowest BCUT2D eigenvalue weighted by atomic mass is 9.99. The van der Waals surface area contributed by atoms with Crippen LogP contribution in [0.4, 0.5) is 0 Å². The van der Waals surface area contributed by atoms with Crippen LogP contribution >= 0.6 is 0 Å². The lowest BCUT2D eigenvalue weighted by molar-refractivity contribution is -0.303. The number of aliphatic carboxylic acids is 1. The summed E-state index contributed by atoms with van der Waals surface area (Å²) >= 11 is 0. The maximum atomic E-state index is 11.2. The molecule has 148 valence electrons. The van der Waals surface area contributed by atoms with Crippen LogP contribution in [0.3, 0.4) is 0 Å². The van der Waals surface area contributed by atoms with E-state index in [-0.39, 0.29) is 12.3 Å². The van der Waals surface area contributed by atoms with Crippen molar-refractivity contribution >= 4 is 5.97 Å². The third-order valence-electron chi connectivity index (χ3n) is 4.03. The molecule has 26 heavy (non-hydrogen) atoms. The maximum absolute atomic E-state index is 11.2. The van der Waals surface area contributed by atoms with E-state index >= 15 is 0 Å². The molecule has 0 aliphatic carbocycles. The van der Waals surface area contributed by atoms with Gasteiger partial charge in [-0.25, -0.2) is 9.48 Å². The molecule has 2 unspecified atom stereocenters. The fourth-order valence-corrected chi connectivity index (χ4v) is 2.68. The molecule has 1 aromatic rings. The second-order valence-corrected chi connectivity index (χ2v) is 5.93. The number of carboxylic acid groups (broad SMARTS) is 1. The van der Waals surface area contributed by atoms with Gasteiger partial charge in [0.25, 0.3) is 0 Å². The minimum atomic E-state index is -1.32. The molecule has 7 atom stereocenters. The number of carbonyl (C=O) groups is 1. The van der Waals surface area contributed by atoms with E-state index < -0.39 is 55.4 Å². The summed E-state index contributed by atoms with van der Waals surface area (Å²) in [5.74, 6) is -1.28. The van der Waals surface area contributed by atoms with Gasteiger partial charge in [0.1, 0.15) is 30.1 Å². The molecular formula is C14H23N3O9. The van der Waals surface area contributed by atoms with Crippen LogP contribution in [0.5, 0.6) is 0 Å². The first-order valence-corrected chi connectivity index (χ1v) is 7.88. The quantitative estimate of drug-likeness (QED) is 0.317. The number of rotatable bonds is 8. The number of aliphatic hydroxyl groups excluding tert-OH is 4. The van der Waals surface area contributed by atoms with Gasteiger partial charge in [0, 0.05) is 7.11 Å². The van der Waals surface area contributed by atoms with Gasteiger partial charge in [-0.15, -0.1) is 5.10 Å². The summed E-state index contributed by atoms with van der Waals surface area (Å²) in [7, 11) is 1.30. The number of aliphatic hydroxyl groups is 4. The first kappa shape index (κ1) is 20.6. The van der Waals surface area contributed by atoms with Crippen molar-refractivity contribution in [1.29, 1.82) is 0 Å². The van der Waals surface area contributed by atoms with Crippen LogP contribution in [0.2, 0.25) is 0 Å². The summed E-state index contributed by atoms with van der Waals surface area (Å²) in [6.45, 7) is 0.600. The van der Waals surface area contributed by atoms with Crippen molar-refractivity contribution in [2.75, 3.05) is 13.7 Å². The van der Waals surface area contributed by atoms with Crippen LogP contribution in [0.1, 0.15) is 18.7 Å². The van der Waals surface area contributed by atoms with Crippen molar-refractivity contribution in [3.05, 3.63) is 11.9 Å². The highest BCUT2D eigenvalue weighted by molar-refractivity contribution is 5.72. The van der Waals surface area contributed by atoms with Crippen LogP contribution in [0, 0.1) is 0 Å². The third kappa shape index (κ3) is 4.35. The van der Waals surface area contributed by atoms with Crippen LogP contribution in [0.25, 0.3) is 0 Å². The predicted octanol–water partition coefficient (Wildman–Crippen LogP) is -2.74. The minimum Gasteiger partial charge on any atom is -0.480 e. The topological polar surface area (TPSA) is 177 Å². The molecule has 0 spiro atoms. The maximum Gasteiger partial charge on any atom is 0.331 e. The monoisotopic (exact) mass is 377 g/mol. The summed E-state index contributed by atoms with van der Waals surface area (Å²) in [6, 6.07) is -1.31. The molecule has 2 heterocycles. The average Bonchev–Trinajstić information content (AvgIpc) is 3.02. The van der Waals surface area contributed by atoms with E-state index in [4.69, 9.17) is 19.3 Å². The molecule has 12 heteroatoms. The first-order chi connectivity index (χ1) is 12.3. The highest BCUT2D eigenvalue weighted by atomic mass is 16.7. The molecule has 5 N–H and O–H groups in total. The highest BCUT2D eigenvalue weighted by Crippen LogP contribution is 2.24. The Labute approximate surface area is 148 Å². The van der Waals surface area contributed by atoms with Crippen LogP contribution in [0.15, 0.2) is 6.20 Å². The van der Waals surface area contributed by atoms with Gasteiger partial charge in [-0.2, -0.15) is 0 Å². The molecule has 1 saturated heterocycles. The molecular weight excluding hydrogens is 354 g/mol. The molecule has 0 aromatic carbocycles. The summed E-state index contributed by atoms with van der Waals surface area (Å²) < 4.78 is 16.6. The summed E-state index contributed by atoms with van der Waals surface area (Å²) in [5.41, 5.74) is 0.220. The Morgan fingerprint density at radius 2 is 2.12 bits per heavy atom. The van der Waals surface area contributed by atoms with Gasteiger partial charge in [-0.1, -0.05) is 5.21 Å². The van der Waals surface area contributed by atoms with E-state index in [1.807, 2.05) is 0 Å². The second-order valence-electron chi connectivity index (χ2n) is 5.93. The van der Waals surface area contributed by atoms with Gasteiger partial charge in [0.05, 0.1) is 25.5 Å². The van der Waals surface area contributed by atoms with E-state index in [9.17, 15) is 25.2 Å². The molecule has 1 fully saturated rings. The molecule has 0 amide bonds. The second kappa shape index (κ2) is 8.81. The van der Waals surface area contributed by atoms with Crippen LogP contribution in [-0.4, -0.2) is 97.0 Å². The smallest absolute Gasteiger partial charge is 0.331 e. The van der Waals surface area contributed by atoms with E-state index in [0.717, 1.165) is 4.68 Å². The Morgan fingerprint density at radius 1 is 1.42 bits per heavy atom. The fraction of sp³-hybridized carbons (Fsp3) is 0.786. The number of hydrogen-bond donors (Lipinski definition) is 5. The van der Waals surface area contributed by atoms with Crippen molar-refractivity contribution in [1.82, 2.24) is 15.0 Å². The Morgan fingerprint density at radius 3 is 2.65 bits per heavy atom. The predicted molar refractivity (Wildman–Crippen MR) is 81.7 cm³/mol. The van der Waals surface area contributed by atoms with Crippen molar-refractivity contribution < 1.29 is 44.5 Å². The molecule has 2 rings (SSSR count). The molecule has 1 aliphatic rings. The number of hydrogen-bond acceptors (Lipinski definition) is 10. The Balaban J connectivity index is 2.06. The summed E-state index contributed by atoms with van der Waals surface area (Å²) in [4.78, 5) is 11.2. The molecule has 1 aliphatic heterocycles. The Bertz CT molecular complexity index is 580. The zero-order chi connectivity index (χ0) is 19.4. The summed E-state index contributed by atoms with van der Waals surface area (Å²) in [6.07, 6.45) is -5.80. The number of methoxy groups -OCH3 is 1. The number of aromatic nitrogens is 3. The third-order valence-corrected chi connectivity index (χ3v) is 4.03. The van der Waals surface area contributed by atoms with Gasteiger partial charge in [-0.3, -0.25) is 0 Å². The lowest BCUT2D eigenvalue weighted by Gasteiger charge is -2.41. The number of ether oxygens (including phenoxy) is 3. The van der Waals surface area contributed by atoms with Gasteiger partial charge in [-0.05, 0) is 6.92 Å². The van der Waals surface area contributed by atoms with Gasteiger partial charge < -0.3 is 39.7 Å². The minimum absolute atomic E-state index is 0.209. The van der Waals surface area contributed by atoms with E-state index in [1.165, 1.54) is 20.2 Å². The van der Waals surface area contributed by atoms with Crippen molar-refractivity contribution in [3.8, 4) is 0 Å². The van der Waals surface area contributed by atoms with E-state index in [0.29, 0.717) is 0 Å². The van der Waals surface area contributed by atoms with E-state index in [1.54, 1.807) is 0 Å². The normalized spacial score (nSPS) is 31.5. The van der Waals surface area contributed by atoms with Gasteiger partial charge in [0.15, 0.2) is 12.3 Å². The Kier molecular flexibility index (Phi) is 7.00. The van der Waals surface area contributed by atoms with Crippen molar-refractivity contribution in [3.63, 3.8) is 0 Å². The highest BCUT2D eigenvalue weighted by Gasteiger charge is 2.45. The largest absolute Gasteiger partial charge is 0.480 e. The zero-order valence-corrected chi connectivity index (χ0v) is 14.2. The Hall–Kier alpha value is -1.67. The summed E-state index contributed by atoms with van der Waals surface area (Å²) in [5, 5.41) is 55.6. The molecule has 12 nitrogen and oxygen atoms in total. The fourth-order valence-electron chi connectivity index (χ4n) is 2.68. The molecule has 0 radical (unpaired) electrons. The van der Waals surface area contributed by atoms with Crippen molar-refractivity contribution in [2.45, 2.75) is 56.4 Å². The molecule has 0 bridgehead atoms. The SMILES string of the molecule is CO[C@H]1O[C@H](CO)[C@H](O)[C@H](OCc2cn(C(C(=O)O)C(C)O)nn2)[C@H]1O. The van der Waals surface area contributed by atoms with Crippen LogP contribution in [-0.2, 0) is 25.6 Å². The standard InChI is InChI=1S/C14H23N3O9/c1-6(19)9(13(22)23)17-3-7(15-16-17)5-25-12-10(20)8(4-18)26-14(24-2)11(12)21/h3,6,8-12,14,18-21H,4-5H2,1-2H3,(H,22,23)/t6?,8-,9?,10+,11-,12+,14+/m1/s1. The zero-order valence-electron chi connectivity index (χ0n) is 14.2. The van der Waals surface area contributed by atoms with Gasteiger partial charge >= 0.3 is 5.97 Å². The van der Waals surface area contributed by atoms with E-state index in [2.05, 4.69) is 10.3 Å². The number of nitrogens with zero attached hydrogens (tertiary/aromatic N) is 3. The van der Waals surface area contributed by atoms with Gasteiger partial charge in [0.2, 0.25) is 0 Å². The molecule has 0 saturated carbocycles.